The number of aryl methyl sites for hydroxylation is 2. The van der Waals surface area contributed by atoms with Crippen molar-refractivity contribution < 1.29 is 14.3 Å². The lowest BCUT2D eigenvalue weighted by Gasteiger charge is -2.01. The summed E-state index contributed by atoms with van der Waals surface area (Å²) >= 11 is 7.49. The molecule has 1 N–H and O–H groups in total. The SMILES string of the molecule is CCCc1sc(NC(=O)c2cc(-c3ccccc3Cl)nn2C)nc1C(=O)OC. The van der Waals surface area contributed by atoms with Crippen LogP contribution in [0.1, 0.15) is 39.2 Å². The average molecular weight is 419 g/mol. The van der Waals surface area contributed by atoms with Gasteiger partial charge in [-0.05, 0) is 18.6 Å². The highest BCUT2D eigenvalue weighted by Crippen LogP contribution is 2.28. The minimum Gasteiger partial charge on any atom is -0.464 e. The molecule has 28 heavy (non-hydrogen) atoms. The summed E-state index contributed by atoms with van der Waals surface area (Å²) in [6.07, 6.45) is 1.53. The largest absolute Gasteiger partial charge is 0.464 e. The number of hydrogen-bond donors (Lipinski definition) is 1. The third kappa shape index (κ3) is 4.07. The summed E-state index contributed by atoms with van der Waals surface area (Å²) in [5.41, 5.74) is 1.93. The predicted molar refractivity (Wildman–Crippen MR) is 109 cm³/mol. The number of benzene rings is 1. The minimum atomic E-state index is -0.512. The number of amides is 1. The molecule has 0 aliphatic heterocycles. The summed E-state index contributed by atoms with van der Waals surface area (Å²) in [4.78, 5) is 29.7. The summed E-state index contributed by atoms with van der Waals surface area (Å²) < 4.78 is 6.26. The van der Waals surface area contributed by atoms with Crippen LogP contribution >= 0.6 is 22.9 Å². The number of carbonyl (C=O) groups is 2. The topological polar surface area (TPSA) is 86.1 Å². The van der Waals surface area contributed by atoms with Gasteiger partial charge >= 0.3 is 5.97 Å². The first kappa shape index (κ1) is 20.0. The van der Waals surface area contributed by atoms with Crippen LogP contribution in [0.25, 0.3) is 11.3 Å². The average Bonchev–Trinajstić information content (AvgIpc) is 3.25. The van der Waals surface area contributed by atoms with Gasteiger partial charge in [-0.25, -0.2) is 9.78 Å². The fourth-order valence-electron chi connectivity index (χ4n) is 2.70. The highest BCUT2D eigenvalue weighted by Gasteiger charge is 2.21. The van der Waals surface area contributed by atoms with Gasteiger partial charge in [0.1, 0.15) is 5.69 Å². The second-order valence-corrected chi connectivity index (χ2v) is 7.50. The molecule has 0 spiro atoms. The molecule has 2 heterocycles. The number of aromatic nitrogens is 3. The van der Waals surface area contributed by atoms with Crippen molar-refractivity contribution in [2.75, 3.05) is 12.4 Å². The maximum absolute atomic E-state index is 12.7. The van der Waals surface area contributed by atoms with E-state index in [2.05, 4.69) is 15.4 Å². The molecule has 0 saturated carbocycles. The fraction of sp³-hybridized carbons (Fsp3) is 0.263. The second kappa shape index (κ2) is 8.53. The number of anilines is 1. The summed E-state index contributed by atoms with van der Waals surface area (Å²) in [7, 11) is 2.99. The molecule has 0 fully saturated rings. The maximum Gasteiger partial charge on any atom is 0.357 e. The molecule has 1 amide bonds. The Hall–Kier alpha value is -2.71. The van der Waals surface area contributed by atoms with Crippen LogP contribution in [0.4, 0.5) is 5.13 Å². The quantitative estimate of drug-likeness (QED) is 0.606. The Morgan fingerprint density at radius 2 is 2.07 bits per heavy atom. The van der Waals surface area contributed by atoms with E-state index in [9.17, 15) is 9.59 Å². The van der Waals surface area contributed by atoms with Crippen LogP contribution in [0.5, 0.6) is 0 Å². The van der Waals surface area contributed by atoms with Crippen LogP contribution in [0.3, 0.4) is 0 Å². The molecule has 9 heteroatoms. The van der Waals surface area contributed by atoms with Gasteiger partial charge in [0.15, 0.2) is 10.8 Å². The van der Waals surface area contributed by atoms with Crippen molar-refractivity contribution in [3.05, 3.63) is 51.6 Å². The van der Waals surface area contributed by atoms with Crippen LogP contribution in [0, 0.1) is 0 Å². The first-order valence-electron chi connectivity index (χ1n) is 8.62. The predicted octanol–water partition coefficient (Wildman–Crippen LogP) is 4.19. The number of halogens is 1. The Morgan fingerprint density at radius 1 is 1.32 bits per heavy atom. The standard InChI is InChI=1S/C19H19ClN4O3S/c1-4-7-15-16(18(26)27-3)21-19(28-15)22-17(25)14-10-13(23-24(14)2)11-8-5-6-9-12(11)20/h5-6,8-10H,4,7H2,1-3H3,(H,21,22,25). The normalized spacial score (nSPS) is 10.7. The highest BCUT2D eigenvalue weighted by molar-refractivity contribution is 7.16. The molecule has 0 bridgehead atoms. The number of esters is 1. The Balaban J connectivity index is 1.86. The van der Waals surface area contributed by atoms with Crippen LogP contribution < -0.4 is 5.32 Å². The molecule has 1 aromatic carbocycles. The van der Waals surface area contributed by atoms with Crippen molar-refractivity contribution >= 4 is 39.9 Å². The molecule has 0 saturated heterocycles. The third-order valence-electron chi connectivity index (χ3n) is 4.04. The first-order valence-corrected chi connectivity index (χ1v) is 9.82. The van der Waals surface area contributed by atoms with Crippen molar-refractivity contribution in [3.8, 4) is 11.3 Å². The third-order valence-corrected chi connectivity index (χ3v) is 5.40. The number of rotatable bonds is 6. The van der Waals surface area contributed by atoms with Gasteiger partial charge < -0.3 is 4.74 Å². The molecule has 7 nitrogen and oxygen atoms in total. The summed E-state index contributed by atoms with van der Waals surface area (Å²) in [5.74, 6) is -0.886. The van der Waals surface area contributed by atoms with E-state index in [4.69, 9.17) is 16.3 Å². The monoisotopic (exact) mass is 418 g/mol. The molecule has 0 aliphatic rings. The van der Waals surface area contributed by atoms with Crippen molar-refractivity contribution in [3.63, 3.8) is 0 Å². The van der Waals surface area contributed by atoms with Gasteiger partial charge in [-0.2, -0.15) is 5.10 Å². The zero-order valence-electron chi connectivity index (χ0n) is 15.7. The molecular weight excluding hydrogens is 400 g/mol. The van der Waals surface area contributed by atoms with E-state index < -0.39 is 5.97 Å². The van der Waals surface area contributed by atoms with Gasteiger partial charge in [0.25, 0.3) is 5.91 Å². The zero-order chi connectivity index (χ0) is 20.3. The lowest BCUT2D eigenvalue weighted by Crippen LogP contribution is -2.16. The molecule has 2 aromatic heterocycles. The number of carbonyl (C=O) groups excluding carboxylic acids is 2. The Kier molecular flexibility index (Phi) is 6.11. The number of thiazole rings is 1. The van der Waals surface area contributed by atoms with Crippen molar-refractivity contribution in [2.24, 2.45) is 7.05 Å². The number of methoxy groups -OCH3 is 1. The van der Waals surface area contributed by atoms with E-state index in [1.807, 2.05) is 25.1 Å². The van der Waals surface area contributed by atoms with E-state index in [0.717, 1.165) is 16.9 Å². The van der Waals surface area contributed by atoms with Gasteiger partial charge in [0, 0.05) is 17.5 Å². The smallest absolute Gasteiger partial charge is 0.357 e. The minimum absolute atomic E-state index is 0.242. The number of ether oxygens (including phenoxy) is 1. The Morgan fingerprint density at radius 3 is 2.75 bits per heavy atom. The van der Waals surface area contributed by atoms with Crippen molar-refractivity contribution in [2.45, 2.75) is 19.8 Å². The molecule has 3 rings (SSSR count). The van der Waals surface area contributed by atoms with Gasteiger partial charge in [0.2, 0.25) is 0 Å². The van der Waals surface area contributed by atoms with Crippen LogP contribution in [0.2, 0.25) is 5.02 Å². The van der Waals surface area contributed by atoms with E-state index in [1.54, 1.807) is 19.2 Å². The Labute approximate surface area is 171 Å². The first-order chi connectivity index (χ1) is 13.4. The zero-order valence-corrected chi connectivity index (χ0v) is 17.2. The molecule has 3 aromatic rings. The number of nitrogens with zero attached hydrogens (tertiary/aromatic N) is 3. The fourth-order valence-corrected chi connectivity index (χ4v) is 3.98. The van der Waals surface area contributed by atoms with Crippen molar-refractivity contribution in [1.82, 2.24) is 14.8 Å². The van der Waals surface area contributed by atoms with Crippen molar-refractivity contribution in [1.29, 1.82) is 0 Å². The molecular formula is C19H19ClN4O3S. The van der Waals surface area contributed by atoms with E-state index in [0.29, 0.717) is 28.0 Å². The second-order valence-electron chi connectivity index (χ2n) is 6.00. The van der Waals surface area contributed by atoms with Crippen LogP contribution in [0.15, 0.2) is 30.3 Å². The Bertz CT molecular complexity index is 1030. The van der Waals surface area contributed by atoms with Gasteiger partial charge in [0.05, 0.1) is 17.8 Å². The number of nitrogens with one attached hydrogen (secondary N) is 1. The van der Waals surface area contributed by atoms with Gasteiger partial charge in [-0.15, -0.1) is 11.3 Å². The van der Waals surface area contributed by atoms with Gasteiger partial charge in [-0.1, -0.05) is 43.1 Å². The summed E-state index contributed by atoms with van der Waals surface area (Å²) in [5, 5.41) is 8.02. The molecule has 0 radical (unpaired) electrons. The maximum atomic E-state index is 12.7. The van der Waals surface area contributed by atoms with Crippen LogP contribution in [-0.2, 0) is 18.2 Å². The lowest BCUT2D eigenvalue weighted by atomic mass is 10.1. The number of hydrogen-bond acceptors (Lipinski definition) is 6. The summed E-state index contributed by atoms with van der Waals surface area (Å²) in [6, 6.07) is 8.96. The van der Waals surface area contributed by atoms with E-state index in [-0.39, 0.29) is 11.6 Å². The lowest BCUT2D eigenvalue weighted by molar-refractivity contribution is 0.0593. The molecule has 0 unspecified atom stereocenters. The summed E-state index contributed by atoms with van der Waals surface area (Å²) in [6.45, 7) is 2.00. The highest BCUT2D eigenvalue weighted by atomic mass is 35.5. The van der Waals surface area contributed by atoms with E-state index in [1.165, 1.54) is 23.1 Å². The molecule has 0 aliphatic carbocycles. The molecule has 0 atom stereocenters. The van der Waals surface area contributed by atoms with Crippen LogP contribution in [-0.4, -0.2) is 33.8 Å². The van der Waals surface area contributed by atoms with Gasteiger partial charge in [-0.3, -0.25) is 14.8 Å². The van der Waals surface area contributed by atoms with E-state index >= 15 is 0 Å². The molecule has 146 valence electrons.